The number of amides is 3. The zero-order chi connectivity index (χ0) is 17.7. The van der Waals surface area contributed by atoms with Gasteiger partial charge in [-0.05, 0) is 38.4 Å². The fourth-order valence-electron chi connectivity index (χ4n) is 3.14. The summed E-state index contributed by atoms with van der Waals surface area (Å²) in [5.41, 5.74) is -0.0285. The lowest BCUT2D eigenvalue weighted by Crippen LogP contribution is -2.52. The van der Waals surface area contributed by atoms with Gasteiger partial charge < -0.3 is 15.1 Å². The molecule has 3 amide bonds. The maximum absolute atomic E-state index is 12.8. The van der Waals surface area contributed by atoms with E-state index in [2.05, 4.69) is 23.4 Å². The third-order valence-corrected chi connectivity index (χ3v) is 4.56. The number of carbonyl (C=O) groups excluding carboxylic acids is 3. The van der Waals surface area contributed by atoms with Crippen molar-refractivity contribution in [2.75, 3.05) is 33.4 Å². The van der Waals surface area contributed by atoms with E-state index < -0.39 is 17.9 Å². The first kappa shape index (κ1) is 18.2. The highest BCUT2D eigenvalue weighted by Gasteiger charge is 2.38. The second-order valence-corrected chi connectivity index (χ2v) is 6.33. The maximum Gasteiger partial charge on any atom is 0.271 e. The van der Waals surface area contributed by atoms with Crippen LogP contribution in [0.25, 0.3) is 0 Å². The number of likely N-dealkylation sites (tertiary alicyclic amines) is 2. The quantitative estimate of drug-likeness (QED) is 0.710. The summed E-state index contributed by atoms with van der Waals surface area (Å²) < 4.78 is 0. The van der Waals surface area contributed by atoms with Crippen molar-refractivity contribution in [3.8, 4) is 0 Å². The third kappa shape index (κ3) is 4.23. The number of hydrogen-bond donors (Lipinski definition) is 1. The second kappa shape index (κ2) is 8.10. The molecule has 7 nitrogen and oxygen atoms in total. The number of likely N-dealkylation sites (N-methyl/N-ethyl adjacent to an activating group) is 1. The van der Waals surface area contributed by atoms with Crippen LogP contribution in [0.4, 0.5) is 0 Å². The molecule has 24 heavy (non-hydrogen) atoms. The van der Waals surface area contributed by atoms with E-state index in [1.807, 2.05) is 0 Å². The Morgan fingerprint density at radius 3 is 2.50 bits per heavy atom. The molecule has 132 valence electrons. The van der Waals surface area contributed by atoms with Gasteiger partial charge in [-0.25, -0.2) is 0 Å². The van der Waals surface area contributed by atoms with E-state index in [1.165, 1.54) is 6.42 Å². The van der Waals surface area contributed by atoms with Crippen LogP contribution in [0.2, 0.25) is 0 Å². The van der Waals surface area contributed by atoms with Gasteiger partial charge in [0.15, 0.2) is 0 Å². The van der Waals surface area contributed by atoms with Gasteiger partial charge in [0.2, 0.25) is 11.8 Å². The molecule has 0 spiro atoms. The van der Waals surface area contributed by atoms with Crippen LogP contribution in [0.3, 0.4) is 0 Å². The van der Waals surface area contributed by atoms with E-state index in [4.69, 9.17) is 0 Å². The molecular weight excluding hydrogens is 308 g/mol. The SMILES string of the molecule is C=CC(=O)NC(=C)C(=O)N(CN1CCCCC1)C1CCN(C)C1=O. The predicted molar refractivity (Wildman–Crippen MR) is 90.7 cm³/mol. The van der Waals surface area contributed by atoms with Crippen molar-refractivity contribution in [1.29, 1.82) is 0 Å². The van der Waals surface area contributed by atoms with E-state index >= 15 is 0 Å². The molecule has 2 rings (SSSR count). The van der Waals surface area contributed by atoms with Crippen molar-refractivity contribution in [2.24, 2.45) is 0 Å². The summed E-state index contributed by atoms with van der Waals surface area (Å²) in [6, 6.07) is -0.498. The molecule has 1 atom stereocenters. The van der Waals surface area contributed by atoms with Gasteiger partial charge in [-0.1, -0.05) is 19.6 Å². The standard InChI is InChI=1S/C17H26N4O3/c1-4-15(22)18-13(2)16(23)21(12-20-9-6-5-7-10-20)14-8-11-19(3)17(14)24/h4,14H,1-2,5-12H2,3H3,(H,18,22). The van der Waals surface area contributed by atoms with Crippen LogP contribution in [0.1, 0.15) is 25.7 Å². The molecule has 0 aromatic rings. The largest absolute Gasteiger partial charge is 0.344 e. The minimum atomic E-state index is -0.498. The van der Waals surface area contributed by atoms with Crippen LogP contribution in [0.15, 0.2) is 24.9 Å². The van der Waals surface area contributed by atoms with Crippen molar-refractivity contribution < 1.29 is 14.4 Å². The number of nitrogens with one attached hydrogen (secondary N) is 1. The second-order valence-electron chi connectivity index (χ2n) is 6.33. The van der Waals surface area contributed by atoms with Crippen molar-refractivity contribution in [3.63, 3.8) is 0 Å². The zero-order valence-corrected chi connectivity index (χ0v) is 14.3. The summed E-state index contributed by atoms with van der Waals surface area (Å²) in [6.07, 6.45) is 5.06. The monoisotopic (exact) mass is 334 g/mol. The molecule has 2 heterocycles. The summed E-state index contributed by atoms with van der Waals surface area (Å²) in [7, 11) is 1.74. The van der Waals surface area contributed by atoms with Crippen LogP contribution in [-0.2, 0) is 14.4 Å². The van der Waals surface area contributed by atoms with Crippen molar-refractivity contribution in [1.82, 2.24) is 20.0 Å². The lowest BCUT2D eigenvalue weighted by molar-refractivity contribution is -0.142. The Kier molecular flexibility index (Phi) is 6.14. The smallest absolute Gasteiger partial charge is 0.271 e. The molecule has 2 aliphatic heterocycles. The van der Waals surface area contributed by atoms with E-state index in [0.717, 1.165) is 32.0 Å². The summed E-state index contributed by atoms with van der Waals surface area (Å²) >= 11 is 0. The van der Waals surface area contributed by atoms with Crippen LogP contribution in [0, 0.1) is 0 Å². The molecule has 1 N–H and O–H groups in total. The topological polar surface area (TPSA) is 73.0 Å². The van der Waals surface area contributed by atoms with Gasteiger partial charge in [-0.15, -0.1) is 0 Å². The molecule has 0 saturated carbocycles. The van der Waals surface area contributed by atoms with E-state index in [-0.39, 0.29) is 11.6 Å². The van der Waals surface area contributed by atoms with Crippen molar-refractivity contribution in [2.45, 2.75) is 31.7 Å². The van der Waals surface area contributed by atoms with Crippen molar-refractivity contribution in [3.05, 3.63) is 24.9 Å². The number of piperidine rings is 1. The first-order valence-corrected chi connectivity index (χ1v) is 8.34. The molecule has 2 saturated heterocycles. The number of rotatable bonds is 6. The molecule has 0 radical (unpaired) electrons. The molecule has 0 aromatic carbocycles. The molecule has 0 bridgehead atoms. The van der Waals surface area contributed by atoms with E-state index in [9.17, 15) is 14.4 Å². The Bertz CT molecular complexity index is 540. The molecule has 0 aliphatic carbocycles. The fourth-order valence-corrected chi connectivity index (χ4v) is 3.14. The van der Waals surface area contributed by atoms with Gasteiger partial charge in [0.05, 0.1) is 12.4 Å². The molecular formula is C17H26N4O3. The minimum Gasteiger partial charge on any atom is -0.344 e. The highest BCUT2D eigenvalue weighted by atomic mass is 16.2. The number of hydrogen-bond acceptors (Lipinski definition) is 4. The van der Waals surface area contributed by atoms with E-state index in [1.54, 1.807) is 16.8 Å². The minimum absolute atomic E-state index is 0.0285. The van der Waals surface area contributed by atoms with Gasteiger partial charge in [-0.2, -0.15) is 0 Å². The number of nitrogens with zero attached hydrogens (tertiary/aromatic N) is 3. The average molecular weight is 334 g/mol. The molecule has 7 heteroatoms. The van der Waals surface area contributed by atoms with E-state index in [0.29, 0.717) is 19.6 Å². The third-order valence-electron chi connectivity index (χ3n) is 4.56. The van der Waals surface area contributed by atoms with Gasteiger partial charge in [0.1, 0.15) is 6.04 Å². The maximum atomic E-state index is 12.8. The van der Waals surface area contributed by atoms with Gasteiger partial charge in [-0.3, -0.25) is 19.3 Å². The Morgan fingerprint density at radius 2 is 1.96 bits per heavy atom. The summed E-state index contributed by atoms with van der Waals surface area (Å²) in [5.74, 6) is -0.964. The van der Waals surface area contributed by atoms with Gasteiger partial charge in [0.25, 0.3) is 5.91 Å². The first-order chi connectivity index (χ1) is 11.4. The first-order valence-electron chi connectivity index (χ1n) is 8.34. The Balaban J connectivity index is 2.13. The van der Waals surface area contributed by atoms with Gasteiger partial charge >= 0.3 is 0 Å². The van der Waals surface area contributed by atoms with Crippen LogP contribution in [-0.4, -0.2) is 71.8 Å². The summed E-state index contributed by atoms with van der Waals surface area (Å²) in [4.78, 5) is 41.9. The normalized spacial score (nSPS) is 21.5. The summed E-state index contributed by atoms with van der Waals surface area (Å²) in [6.45, 7) is 9.84. The lowest BCUT2D eigenvalue weighted by atomic mass is 10.1. The fraction of sp³-hybridized carbons (Fsp3) is 0.588. The Labute approximate surface area is 143 Å². The molecule has 2 aliphatic rings. The zero-order valence-electron chi connectivity index (χ0n) is 14.3. The van der Waals surface area contributed by atoms with Crippen LogP contribution >= 0.6 is 0 Å². The molecule has 1 unspecified atom stereocenters. The highest BCUT2D eigenvalue weighted by Crippen LogP contribution is 2.19. The average Bonchev–Trinajstić information content (AvgIpc) is 2.92. The Morgan fingerprint density at radius 1 is 1.29 bits per heavy atom. The number of carbonyl (C=O) groups is 3. The van der Waals surface area contributed by atoms with Crippen molar-refractivity contribution >= 4 is 17.7 Å². The molecule has 0 aromatic heterocycles. The summed E-state index contributed by atoms with van der Waals surface area (Å²) in [5, 5.41) is 2.41. The predicted octanol–water partition coefficient (Wildman–Crippen LogP) is 0.305. The van der Waals surface area contributed by atoms with Gasteiger partial charge in [0, 0.05) is 13.6 Å². The highest BCUT2D eigenvalue weighted by molar-refractivity contribution is 6.01. The van der Waals surface area contributed by atoms with Crippen LogP contribution in [0.5, 0.6) is 0 Å². The Hall–Kier alpha value is -2.15. The van der Waals surface area contributed by atoms with Crippen LogP contribution < -0.4 is 5.32 Å². The molecule has 2 fully saturated rings. The lowest BCUT2D eigenvalue weighted by Gasteiger charge is -2.35.